The number of rotatable bonds is 3. The molecule has 3 unspecified atom stereocenters. The number of hydrogen-bond donors (Lipinski definition) is 2. The molecule has 3 rings (SSSR count). The summed E-state index contributed by atoms with van der Waals surface area (Å²) in [5.74, 6) is 1.83. The van der Waals surface area contributed by atoms with Crippen LogP contribution in [0.3, 0.4) is 0 Å². The maximum absolute atomic E-state index is 11.5. The number of piperidine rings is 2. The van der Waals surface area contributed by atoms with Gasteiger partial charge in [-0.25, -0.2) is 4.98 Å². The van der Waals surface area contributed by atoms with Crippen LogP contribution in [0.15, 0.2) is 18.3 Å². The zero-order chi connectivity index (χ0) is 14.8. The molecule has 5 nitrogen and oxygen atoms in total. The van der Waals surface area contributed by atoms with Gasteiger partial charge in [-0.2, -0.15) is 0 Å². The largest absolute Gasteiger partial charge is 0.356 e. The highest BCUT2D eigenvalue weighted by atomic mass is 16.1. The summed E-state index contributed by atoms with van der Waals surface area (Å²) in [5, 5.41) is 6.40. The molecule has 0 saturated carbocycles. The number of amides is 1. The van der Waals surface area contributed by atoms with Crippen LogP contribution in [0.25, 0.3) is 0 Å². The van der Waals surface area contributed by atoms with Gasteiger partial charge in [0.1, 0.15) is 5.82 Å². The van der Waals surface area contributed by atoms with Crippen molar-refractivity contribution in [3.63, 3.8) is 0 Å². The summed E-state index contributed by atoms with van der Waals surface area (Å²) in [6.45, 7) is 4.11. The van der Waals surface area contributed by atoms with Gasteiger partial charge in [-0.3, -0.25) is 4.79 Å². The minimum atomic E-state index is 0.215. The molecular weight excluding hydrogens is 264 g/mol. The predicted molar refractivity (Wildman–Crippen MR) is 83.2 cm³/mol. The number of aromatic nitrogens is 1. The first-order valence-corrected chi connectivity index (χ1v) is 7.85. The van der Waals surface area contributed by atoms with Gasteiger partial charge in [-0.1, -0.05) is 0 Å². The Morgan fingerprint density at radius 2 is 2.33 bits per heavy atom. The van der Waals surface area contributed by atoms with Gasteiger partial charge in [0, 0.05) is 37.8 Å². The number of nitrogens with zero attached hydrogens (tertiary/aromatic N) is 2. The maximum Gasteiger partial charge on any atom is 0.220 e. The molecule has 5 heteroatoms. The lowest BCUT2D eigenvalue weighted by Crippen LogP contribution is -2.54. The van der Waals surface area contributed by atoms with Crippen molar-refractivity contribution < 1.29 is 4.79 Å². The van der Waals surface area contributed by atoms with Crippen LogP contribution >= 0.6 is 0 Å². The number of fused-ring (bicyclic) bond motifs is 1. The van der Waals surface area contributed by atoms with E-state index in [0.717, 1.165) is 31.7 Å². The first-order valence-electron chi connectivity index (χ1n) is 7.85. The van der Waals surface area contributed by atoms with Crippen molar-refractivity contribution in [2.75, 3.05) is 25.0 Å². The van der Waals surface area contributed by atoms with Gasteiger partial charge in [-0.15, -0.1) is 0 Å². The molecule has 0 aliphatic carbocycles. The highest BCUT2D eigenvalue weighted by Crippen LogP contribution is 2.28. The van der Waals surface area contributed by atoms with Gasteiger partial charge in [0.15, 0.2) is 0 Å². The minimum Gasteiger partial charge on any atom is -0.356 e. The summed E-state index contributed by atoms with van der Waals surface area (Å²) < 4.78 is 0. The Kier molecular flexibility index (Phi) is 4.10. The molecule has 2 aliphatic heterocycles. The molecule has 0 spiro atoms. The Morgan fingerprint density at radius 3 is 3.14 bits per heavy atom. The van der Waals surface area contributed by atoms with E-state index in [4.69, 9.17) is 0 Å². The first kappa shape index (κ1) is 14.3. The van der Waals surface area contributed by atoms with Crippen LogP contribution in [-0.4, -0.2) is 37.1 Å². The van der Waals surface area contributed by atoms with Crippen molar-refractivity contribution in [2.24, 2.45) is 5.92 Å². The predicted octanol–water partition coefficient (Wildman–Crippen LogP) is 1.47. The first-order chi connectivity index (χ1) is 10.2. The van der Waals surface area contributed by atoms with Crippen LogP contribution in [-0.2, 0) is 4.79 Å². The van der Waals surface area contributed by atoms with Gasteiger partial charge in [0.2, 0.25) is 5.91 Å². The molecule has 3 heterocycles. The van der Waals surface area contributed by atoms with Crippen LogP contribution in [0.1, 0.15) is 37.8 Å². The molecule has 1 aromatic heterocycles. The molecule has 2 fully saturated rings. The van der Waals surface area contributed by atoms with E-state index in [9.17, 15) is 4.79 Å². The highest BCUT2D eigenvalue weighted by Gasteiger charge is 2.34. The third kappa shape index (κ3) is 3.02. The summed E-state index contributed by atoms with van der Waals surface area (Å²) >= 11 is 0. The van der Waals surface area contributed by atoms with Crippen molar-refractivity contribution in [2.45, 2.75) is 38.3 Å². The number of carbonyl (C=O) groups excluding carboxylic acids is 1. The average molecular weight is 288 g/mol. The molecule has 3 atom stereocenters. The zero-order valence-electron chi connectivity index (χ0n) is 12.8. The fourth-order valence-electron chi connectivity index (χ4n) is 3.36. The minimum absolute atomic E-state index is 0.215. The quantitative estimate of drug-likeness (QED) is 0.884. The van der Waals surface area contributed by atoms with E-state index in [-0.39, 0.29) is 5.91 Å². The Morgan fingerprint density at radius 1 is 1.48 bits per heavy atom. The van der Waals surface area contributed by atoms with Crippen molar-refractivity contribution in [1.29, 1.82) is 0 Å². The Balaban J connectivity index is 1.72. The van der Waals surface area contributed by atoms with Gasteiger partial charge >= 0.3 is 0 Å². The maximum atomic E-state index is 11.5. The normalized spacial score (nSPS) is 27.0. The summed E-state index contributed by atoms with van der Waals surface area (Å²) in [6, 6.07) is 4.95. The number of hydrogen-bond acceptors (Lipinski definition) is 4. The Labute approximate surface area is 126 Å². The van der Waals surface area contributed by atoms with Gasteiger partial charge in [0.25, 0.3) is 0 Å². The lowest BCUT2D eigenvalue weighted by molar-refractivity contribution is -0.124. The van der Waals surface area contributed by atoms with Crippen LogP contribution in [0.4, 0.5) is 5.82 Å². The molecule has 0 radical (unpaired) electrons. The van der Waals surface area contributed by atoms with Crippen molar-refractivity contribution in [3.05, 3.63) is 23.9 Å². The summed E-state index contributed by atoms with van der Waals surface area (Å²) in [4.78, 5) is 18.4. The third-order valence-corrected chi connectivity index (χ3v) is 4.85. The molecular formula is C16H24N4O. The second-order valence-corrected chi connectivity index (χ2v) is 6.17. The molecule has 0 bridgehead atoms. The van der Waals surface area contributed by atoms with E-state index in [2.05, 4.69) is 39.6 Å². The molecule has 21 heavy (non-hydrogen) atoms. The summed E-state index contributed by atoms with van der Waals surface area (Å²) in [5.41, 5.74) is 1.27. The van der Waals surface area contributed by atoms with Crippen LogP contribution in [0.2, 0.25) is 0 Å². The molecule has 1 amide bonds. The van der Waals surface area contributed by atoms with Crippen LogP contribution in [0.5, 0.6) is 0 Å². The van der Waals surface area contributed by atoms with Gasteiger partial charge in [0.05, 0.1) is 0 Å². The van der Waals surface area contributed by atoms with Crippen molar-refractivity contribution in [3.8, 4) is 0 Å². The van der Waals surface area contributed by atoms with Gasteiger partial charge < -0.3 is 15.5 Å². The molecule has 1 aromatic rings. The molecule has 0 aromatic carbocycles. The van der Waals surface area contributed by atoms with E-state index in [1.165, 1.54) is 5.56 Å². The Hall–Kier alpha value is -1.62. The Bertz CT molecular complexity index is 519. The number of pyridine rings is 1. The lowest BCUT2D eigenvalue weighted by atomic mass is 9.85. The van der Waals surface area contributed by atoms with Crippen molar-refractivity contribution in [1.82, 2.24) is 15.6 Å². The van der Waals surface area contributed by atoms with E-state index in [0.29, 0.717) is 24.4 Å². The zero-order valence-corrected chi connectivity index (χ0v) is 12.8. The van der Waals surface area contributed by atoms with Crippen LogP contribution < -0.4 is 15.5 Å². The lowest BCUT2D eigenvalue weighted by Gasteiger charge is -2.42. The monoisotopic (exact) mass is 288 g/mol. The standard InChI is InChI=1S/C16H24N4O/c1-11(17-2)12-5-7-18-15(9-12)20-8-6-14-13(10-20)3-4-16(21)19-14/h5,7,9,11,13-14,17H,3-4,6,8,10H2,1-2H3,(H,19,21). The average Bonchev–Trinajstić information content (AvgIpc) is 2.53. The number of carbonyl (C=O) groups is 1. The highest BCUT2D eigenvalue weighted by molar-refractivity contribution is 5.77. The second-order valence-electron chi connectivity index (χ2n) is 6.17. The fraction of sp³-hybridized carbons (Fsp3) is 0.625. The van der Waals surface area contributed by atoms with Crippen molar-refractivity contribution >= 4 is 11.7 Å². The molecule has 2 aliphatic rings. The molecule has 2 N–H and O–H groups in total. The van der Waals surface area contributed by atoms with Crippen LogP contribution in [0, 0.1) is 5.92 Å². The third-order valence-electron chi connectivity index (χ3n) is 4.85. The van der Waals surface area contributed by atoms with E-state index in [1.54, 1.807) is 0 Å². The number of anilines is 1. The smallest absolute Gasteiger partial charge is 0.220 e. The van der Waals surface area contributed by atoms with Gasteiger partial charge in [-0.05, 0) is 50.4 Å². The topological polar surface area (TPSA) is 57.3 Å². The van der Waals surface area contributed by atoms with E-state index in [1.807, 2.05) is 13.2 Å². The SMILES string of the molecule is CNC(C)c1ccnc(N2CCC3NC(=O)CCC3C2)c1. The summed E-state index contributed by atoms with van der Waals surface area (Å²) in [7, 11) is 1.97. The second kappa shape index (κ2) is 6.02. The molecule has 114 valence electrons. The van der Waals surface area contributed by atoms with E-state index >= 15 is 0 Å². The summed E-state index contributed by atoms with van der Waals surface area (Å²) in [6.07, 6.45) is 4.58. The number of nitrogens with one attached hydrogen (secondary N) is 2. The fourth-order valence-corrected chi connectivity index (χ4v) is 3.36. The van der Waals surface area contributed by atoms with E-state index < -0.39 is 0 Å². The molecule has 2 saturated heterocycles.